The van der Waals surface area contributed by atoms with Crippen LogP contribution in [0, 0.1) is 0 Å². The fourth-order valence-electron chi connectivity index (χ4n) is 5.13. The summed E-state index contributed by atoms with van der Waals surface area (Å²) in [4.78, 5) is 51.1. The molecule has 0 heterocycles. The highest BCUT2D eigenvalue weighted by Crippen LogP contribution is 2.43. The average molecular weight is 701 g/mol. The van der Waals surface area contributed by atoms with E-state index in [0.29, 0.717) is 29.0 Å². The minimum Gasteiger partial charge on any atom is -0.507 e. The van der Waals surface area contributed by atoms with Crippen molar-refractivity contribution in [3.8, 4) is 17.2 Å². The molecule has 11 heteroatoms. The molecule has 0 aliphatic carbocycles. The lowest BCUT2D eigenvalue weighted by Gasteiger charge is -2.30. The molecule has 3 rings (SSSR count). The first kappa shape index (κ1) is 38.4. The van der Waals surface area contributed by atoms with Crippen LogP contribution < -0.4 is 14.8 Å². The standard InChI is InChI=1S/C37H43Cl2NO8/c1-8-9-18-47-22-12-10-21(11-13-22)32(42)31(39)34(44)40-28-19-23(14-16-27(28)38)48-29(41)17-15-24-25(35(45)46)20-26(36(2,3)4)33(43)30(24)37(5,6)7/h10-14,16,19-20,31,43H,8-9,15,17-18H2,1-7H3,(H,40,44)(H,45,46). The number of esters is 1. The number of aromatic carboxylic acids is 1. The summed E-state index contributed by atoms with van der Waals surface area (Å²) in [7, 11) is 0. The Bertz CT molecular complexity index is 1670. The SMILES string of the molecule is CCCCOc1ccc(C(=O)C(Cl)C(=O)Nc2cc(OC(=O)CCc3c(C(=O)O)cc(C(C)(C)C)c(O)c3C(C)(C)C)ccc2Cl)cc1. The van der Waals surface area contributed by atoms with Crippen molar-refractivity contribution in [1.82, 2.24) is 0 Å². The Kier molecular flexibility index (Phi) is 12.7. The van der Waals surface area contributed by atoms with E-state index in [1.54, 1.807) is 12.1 Å². The second-order valence-corrected chi connectivity index (χ2v) is 14.4. The van der Waals surface area contributed by atoms with E-state index in [1.807, 2.05) is 41.5 Å². The molecule has 0 radical (unpaired) electrons. The first-order chi connectivity index (χ1) is 22.3. The number of carboxylic acids is 1. The monoisotopic (exact) mass is 699 g/mol. The Hall–Kier alpha value is -4.08. The van der Waals surface area contributed by atoms with Gasteiger partial charge >= 0.3 is 11.9 Å². The number of ketones is 1. The fourth-order valence-corrected chi connectivity index (χ4v) is 5.47. The maximum atomic E-state index is 13.0. The first-order valence-electron chi connectivity index (χ1n) is 15.7. The van der Waals surface area contributed by atoms with Crippen LogP contribution in [0.15, 0.2) is 48.5 Å². The van der Waals surface area contributed by atoms with Crippen LogP contribution in [0.25, 0.3) is 0 Å². The molecule has 1 amide bonds. The number of unbranched alkanes of at least 4 members (excludes halogenated alkanes) is 1. The van der Waals surface area contributed by atoms with Gasteiger partial charge in [-0.05, 0) is 71.7 Å². The number of hydrogen-bond donors (Lipinski definition) is 3. The summed E-state index contributed by atoms with van der Waals surface area (Å²) in [5.74, 6) is -2.64. The number of nitrogens with one attached hydrogen (secondary N) is 1. The average Bonchev–Trinajstić information content (AvgIpc) is 2.99. The van der Waals surface area contributed by atoms with Gasteiger partial charge in [0.1, 0.15) is 17.2 Å². The molecule has 48 heavy (non-hydrogen) atoms. The number of aromatic hydroxyl groups is 1. The Balaban J connectivity index is 1.74. The van der Waals surface area contributed by atoms with Crippen LogP contribution in [0.2, 0.25) is 5.02 Å². The summed E-state index contributed by atoms with van der Waals surface area (Å²) in [6, 6.07) is 12.0. The van der Waals surface area contributed by atoms with E-state index in [1.165, 1.54) is 36.4 Å². The first-order valence-corrected chi connectivity index (χ1v) is 16.5. The van der Waals surface area contributed by atoms with Crippen molar-refractivity contribution in [3.05, 3.63) is 81.4 Å². The largest absolute Gasteiger partial charge is 0.507 e. The number of carboxylic acid groups (broad SMARTS) is 1. The van der Waals surface area contributed by atoms with E-state index in [-0.39, 0.29) is 46.2 Å². The molecule has 3 aromatic carbocycles. The number of Topliss-reactive ketones (excluding diaryl/α,β-unsaturated/α-hetero) is 1. The number of benzene rings is 3. The van der Waals surface area contributed by atoms with Crippen LogP contribution >= 0.6 is 23.2 Å². The Labute approximate surface area is 291 Å². The molecule has 0 saturated heterocycles. The van der Waals surface area contributed by atoms with Gasteiger partial charge in [-0.25, -0.2) is 4.79 Å². The van der Waals surface area contributed by atoms with Crippen molar-refractivity contribution in [1.29, 1.82) is 0 Å². The molecule has 0 fully saturated rings. The van der Waals surface area contributed by atoms with Gasteiger partial charge in [-0.2, -0.15) is 0 Å². The molecule has 0 aliphatic rings. The molecule has 9 nitrogen and oxygen atoms in total. The Morgan fingerprint density at radius 1 is 0.917 bits per heavy atom. The fraction of sp³-hybridized carbons (Fsp3) is 0.405. The van der Waals surface area contributed by atoms with Crippen molar-refractivity contribution in [3.63, 3.8) is 0 Å². The lowest BCUT2D eigenvalue weighted by atomic mass is 9.75. The van der Waals surface area contributed by atoms with Gasteiger partial charge in [-0.3, -0.25) is 14.4 Å². The quantitative estimate of drug-likeness (QED) is 0.0403. The number of alkyl halides is 1. The number of amides is 1. The third-order valence-electron chi connectivity index (χ3n) is 7.57. The van der Waals surface area contributed by atoms with Crippen LogP contribution in [0.5, 0.6) is 17.2 Å². The Morgan fingerprint density at radius 3 is 2.10 bits per heavy atom. The molecule has 258 valence electrons. The number of rotatable bonds is 13. The van der Waals surface area contributed by atoms with Crippen LogP contribution in [0.1, 0.15) is 105 Å². The zero-order valence-electron chi connectivity index (χ0n) is 28.3. The van der Waals surface area contributed by atoms with Crippen molar-refractivity contribution in [2.45, 2.75) is 90.4 Å². The predicted molar refractivity (Wildman–Crippen MR) is 187 cm³/mol. The summed E-state index contributed by atoms with van der Waals surface area (Å²) < 4.78 is 11.1. The second-order valence-electron chi connectivity index (χ2n) is 13.5. The van der Waals surface area contributed by atoms with E-state index in [9.17, 15) is 29.4 Å². The van der Waals surface area contributed by atoms with Gasteiger partial charge in [0.05, 0.1) is 29.3 Å². The van der Waals surface area contributed by atoms with Crippen LogP contribution in [-0.4, -0.2) is 45.8 Å². The zero-order chi connectivity index (χ0) is 36.0. The topological polar surface area (TPSA) is 139 Å². The number of phenolic OH excluding ortho intramolecular Hbond substituents is 1. The van der Waals surface area contributed by atoms with Gasteiger partial charge in [0.25, 0.3) is 0 Å². The summed E-state index contributed by atoms with van der Waals surface area (Å²) in [6.07, 6.45) is 1.67. The molecular weight excluding hydrogens is 657 g/mol. The number of ether oxygens (including phenoxy) is 2. The highest BCUT2D eigenvalue weighted by atomic mass is 35.5. The molecule has 3 aromatic rings. The van der Waals surface area contributed by atoms with Crippen LogP contribution in [-0.2, 0) is 26.8 Å². The van der Waals surface area contributed by atoms with E-state index < -0.39 is 39.8 Å². The maximum Gasteiger partial charge on any atom is 0.335 e. The van der Waals surface area contributed by atoms with Crippen molar-refractivity contribution in [2.24, 2.45) is 0 Å². The zero-order valence-corrected chi connectivity index (χ0v) is 29.8. The molecule has 0 spiro atoms. The number of halogens is 2. The normalized spacial score (nSPS) is 12.3. The minimum atomic E-state index is -1.57. The van der Waals surface area contributed by atoms with E-state index in [4.69, 9.17) is 32.7 Å². The third-order valence-corrected chi connectivity index (χ3v) is 8.29. The molecule has 0 aliphatic heterocycles. The Morgan fingerprint density at radius 2 is 1.54 bits per heavy atom. The highest BCUT2D eigenvalue weighted by molar-refractivity contribution is 6.46. The summed E-state index contributed by atoms with van der Waals surface area (Å²) in [6.45, 7) is 13.9. The number of carbonyl (C=O) groups excluding carboxylic acids is 3. The third kappa shape index (κ3) is 9.73. The van der Waals surface area contributed by atoms with Gasteiger partial charge < -0.3 is 25.0 Å². The molecule has 0 bridgehead atoms. The maximum absolute atomic E-state index is 13.0. The second kappa shape index (κ2) is 15.9. The van der Waals surface area contributed by atoms with E-state index in [0.717, 1.165) is 12.8 Å². The predicted octanol–water partition coefficient (Wildman–Crippen LogP) is 8.48. The van der Waals surface area contributed by atoms with E-state index in [2.05, 4.69) is 12.2 Å². The van der Waals surface area contributed by atoms with E-state index >= 15 is 0 Å². The van der Waals surface area contributed by atoms with Crippen LogP contribution in [0.4, 0.5) is 5.69 Å². The van der Waals surface area contributed by atoms with Crippen molar-refractivity contribution >= 4 is 52.5 Å². The molecule has 0 saturated carbocycles. The van der Waals surface area contributed by atoms with Gasteiger partial charge in [0.2, 0.25) is 5.91 Å². The summed E-state index contributed by atoms with van der Waals surface area (Å²) in [5.41, 5.74) is 0.437. The molecular formula is C37H43Cl2NO8. The van der Waals surface area contributed by atoms with Crippen LogP contribution in [0.3, 0.4) is 0 Å². The highest BCUT2D eigenvalue weighted by Gasteiger charge is 2.32. The van der Waals surface area contributed by atoms with Crippen molar-refractivity contribution in [2.75, 3.05) is 11.9 Å². The molecule has 0 aromatic heterocycles. The number of hydrogen-bond acceptors (Lipinski definition) is 7. The van der Waals surface area contributed by atoms with Gasteiger partial charge in [-0.15, -0.1) is 11.6 Å². The molecule has 1 atom stereocenters. The smallest absolute Gasteiger partial charge is 0.335 e. The summed E-state index contributed by atoms with van der Waals surface area (Å²) >= 11 is 12.5. The molecule has 3 N–H and O–H groups in total. The molecule has 1 unspecified atom stereocenters. The lowest BCUT2D eigenvalue weighted by Crippen LogP contribution is -2.30. The van der Waals surface area contributed by atoms with Gasteiger partial charge in [0, 0.05) is 22.8 Å². The number of carbonyl (C=O) groups is 4. The van der Waals surface area contributed by atoms with Gasteiger partial charge in [-0.1, -0.05) is 66.5 Å². The number of phenols is 1. The summed E-state index contributed by atoms with van der Waals surface area (Å²) in [5, 5.41) is 22.4. The lowest BCUT2D eigenvalue weighted by molar-refractivity contribution is -0.134. The van der Waals surface area contributed by atoms with Gasteiger partial charge in [0.15, 0.2) is 11.2 Å². The minimum absolute atomic E-state index is 0.00553. The van der Waals surface area contributed by atoms with Crippen molar-refractivity contribution < 1.29 is 38.9 Å². The number of anilines is 1.